The maximum atomic E-state index is 12.3. The third-order valence-corrected chi connectivity index (χ3v) is 5.84. The third kappa shape index (κ3) is 5.27. The van der Waals surface area contributed by atoms with Crippen molar-refractivity contribution in [2.24, 2.45) is 0 Å². The first kappa shape index (κ1) is 19.4. The lowest BCUT2D eigenvalue weighted by atomic mass is 10.1. The van der Waals surface area contributed by atoms with Crippen LogP contribution in [0.15, 0.2) is 29.2 Å². The SMILES string of the molecule is CCC(C)NS(=O)(=O)c1ccc(C(=O)NC2CCCCNC2=O)cc1. The molecule has 1 aromatic rings. The van der Waals surface area contributed by atoms with Gasteiger partial charge < -0.3 is 10.6 Å². The normalized spacial score (nSPS) is 19.6. The molecular weight excluding hydrogens is 342 g/mol. The molecule has 138 valence electrons. The van der Waals surface area contributed by atoms with E-state index in [0.717, 1.165) is 12.8 Å². The number of amides is 2. The topological polar surface area (TPSA) is 104 Å². The molecule has 1 fully saturated rings. The minimum Gasteiger partial charge on any atom is -0.354 e. The molecule has 25 heavy (non-hydrogen) atoms. The van der Waals surface area contributed by atoms with Crippen LogP contribution in [0.25, 0.3) is 0 Å². The molecule has 3 N–H and O–H groups in total. The van der Waals surface area contributed by atoms with Gasteiger partial charge in [0.2, 0.25) is 15.9 Å². The highest BCUT2D eigenvalue weighted by Gasteiger charge is 2.23. The summed E-state index contributed by atoms with van der Waals surface area (Å²) in [5.41, 5.74) is 0.319. The zero-order valence-electron chi connectivity index (χ0n) is 14.5. The first-order valence-electron chi connectivity index (χ1n) is 8.54. The van der Waals surface area contributed by atoms with Gasteiger partial charge in [0.05, 0.1) is 4.90 Å². The van der Waals surface area contributed by atoms with E-state index in [0.29, 0.717) is 24.9 Å². The van der Waals surface area contributed by atoms with E-state index in [1.807, 2.05) is 6.92 Å². The molecule has 2 atom stereocenters. The number of hydrogen-bond donors (Lipinski definition) is 3. The van der Waals surface area contributed by atoms with E-state index in [9.17, 15) is 18.0 Å². The van der Waals surface area contributed by atoms with Crippen molar-refractivity contribution in [3.8, 4) is 0 Å². The van der Waals surface area contributed by atoms with Gasteiger partial charge in [-0.2, -0.15) is 0 Å². The van der Waals surface area contributed by atoms with Gasteiger partial charge in [0.15, 0.2) is 0 Å². The van der Waals surface area contributed by atoms with Crippen molar-refractivity contribution in [1.82, 2.24) is 15.4 Å². The van der Waals surface area contributed by atoms with Crippen molar-refractivity contribution >= 4 is 21.8 Å². The van der Waals surface area contributed by atoms with E-state index in [-0.39, 0.29) is 22.8 Å². The van der Waals surface area contributed by atoms with Gasteiger partial charge in [0, 0.05) is 18.2 Å². The molecular formula is C17H25N3O4S. The minimum atomic E-state index is -3.60. The molecule has 1 saturated heterocycles. The lowest BCUT2D eigenvalue weighted by Gasteiger charge is -2.15. The van der Waals surface area contributed by atoms with Crippen molar-refractivity contribution in [3.63, 3.8) is 0 Å². The van der Waals surface area contributed by atoms with E-state index in [2.05, 4.69) is 15.4 Å². The second-order valence-electron chi connectivity index (χ2n) is 6.27. The Hall–Kier alpha value is -1.93. The van der Waals surface area contributed by atoms with Crippen LogP contribution >= 0.6 is 0 Å². The Morgan fingerprint density at radius 1 is 1.28 bits per heavy atom. The molecule has 1 aliphatic heterocycles. The summed E-state index contributed by atoms with van der Waals surface area (Å²) in [6, 6.07) is 4.98. The van der Waals surface area contributed by atoms with E-state index >= 15 is 0 Å². The monoisotopic (exact) mass is 367 g/mol. The molecule has 1 aromatic carbocycles. The first-order valence-corrected chi connectivity index (χ1v) is 10.0. The number of hydrogen-bond acceptors (Lipinski definition) is 4. The van der Waals surface area contributed by atoms with Gasteiger partial charge in [-0.3, -0.25) is 9.59 Å². The highest BCUT2D eigenvalue weighted by molar-refractivity contribution is 7.89. The largest absolute Gasteiger partial charge is 0.354 e. The first-order chi connectivity index (χ1) is 11.8. The van der Waals surface area contributed by atoms with Gasteiger partial charge in [-0.05, 0) is 56.9 Å². The predicted octanol–water partition coefficient (Wildman–Crippen LogP) is 1.16. The van der Waals surface area contributed by atoms with Crippen molar-refractivity contribution in [2.45, 2.75) is 56.5 Å². The Kier molecular flexibility index (Phi) is 6.55. The van der Waals surface area contributed by atoms with Crippen molar-refractivity contribution < 1.29 is 18.0 Å². The van der Waals surface area contributed by atoms with Gasteiger partial charge in [-0.25, -0.2) is 13.1 Å². The van der Waals surface area contributed by atoms with E-state index in [1.54, 1.807) is 6.92 Å². The van der Waals surface area contributed by atoms with Crippen molar-refractivity contribution in [3.05, 3.63) is 29.8 Å². The summed E-state index contributed by atoms with van der Waals surface area (Å²) in [5.74, 6) is -0.566. The van der Waals surface area contributed by atoms with E-state index in [1.165, 1.54) is 24.3 Å². The van der Waals surface area contributed by atoms with Crippen LogP contribution in [-0.2, 0) is 14.8 Å². The number of sulfonamides is 1. The Morgan fingerprint density at radius 2 is 1.96 bits per heavy atom. The van der Waals surface area contributed by atoms with E-state index in [4.69, 9.17) is 0 Å². The lowest BCUT2D eigenvalue weighted by Crippen LogP contribution is -2.45. The quantitative estimate of drug-likeness (QED) is 0.702. The molecule has 0 saturated carbocycles. The third-order valence-electron chi connectivity index (χ3n) is 4.24. The van der Waals surface area contributed by atoms with Crippen molar-refractivity contribution in [2.75, 3.05) is 6.54 Å². The number of rotatable bonds is 6. The summed E-state index contributed by atoms with van der Waals surface area (Å²) in [6.07, 6.45) is 3.04. The minimum absolute atomic E-state index is 0.108. The fourth-order valence-electron chi connectivity index (χ4n) is 2.52. The summed E-state index contributed by atoms with van der Waals surface area (Å²) >= 11 is 0. The highest BCUT2D eigenvalue weighted by atomic mass is 32.2. The number of nitrogens with one attached hydrogen (secondary N) is 3. The predicted molar refractivity (Wildman–Crippen MR) is 94.6 cm³/mol. The zero-order valence-corrected chi connectivity index (χ0v) is 15.4. The van der Waals surface area contributed by atoms with Crippen LogP contribution < -0.4 is 15.4 Å². The number of carbonyl (C=O) groups excluding carboxylic acids is 2. The fraction of sp³-hybridized carbons (Fsp3) is 0.529. The van der Waals surface area contributed by atoms with Gasteiger partial charge >= 0.3 is 0 Å². The Morgan fingerprint density at radius 3 is 2.60 bits per heavy atom. The van der Waals surface area contributed by atoms with E-state index < -0.39 is 16.1 Å². The Labute approximate surface area is 148 Å². The molecule has 0 bridgehead atoms. The molecule has 2 unspecified atom stereocenters. The lowest BCUT2D eigenvalue weighted by molar-refractivity contribution is -0.122. The van der Waals surface area contributed by atoms with Crippen LogP contribution in [0.1, 0.15) is 49.9 Å². The van der Waals surface area contributed by atoms with Crippen LogP contribution in [0.5, 0.6) is 0 Å². The summed E-state index contributed by atoms with van der Waals surface area (Å²) in [7, 11) is -3.60. The zero-order chi connectivity index (χ0) is 18.4. The van der Waals surface area contributed by atoms with Gasteiger partial charge in [0.25, 0.3) is 5.91 Å². The maximum Gasteiger partial charge on any atom is 0.251 e. The summed E-state index contributed by atoms with van der Waals surface area (Å²) in [6.45, 7) is 4.31. The molecule has 1 heterocycles. The number of carbonyl (C=O) groups is 2. The summed E-state index contributed by atoms with van der Waals surface area (Å²) in [5, 5.41) is 5.47. The standard InChI is InChI=1S/C17H25N3O4S/c1-3-12(2)20-25(23,24)14-9-7-13(8-10-14)16(21)19-15-6-4-5-11-18-17(15)22/h7-10,12,15,20H,3-6,11H2,1-2H3,(H,18,22)(H,19,21). The Bertz CT molecular complexity index is 716. The van der Waals surface area contributed by atoms with Crippen LogP contribution in [0, 0.1) is 0 Å². The van der Waals surface area contributed by atoms with Gasteiger partial charge in [-0.15, -0.1) is 0 Å². The Balaban J connectivity index is 2.06. The van der Waals surface area contributed by atoms with Gasteiger partial charge in [-0.1, -0.05) is 6.92 Å². The molecule has 2 rings (SSSR count). The second-order valence-corrected chi connectivity index (χ2v) is 7.98. The molecule has 8 heteroatoms. The highest BCUT2D eigenvalue weighted by Crippen LogP contribution is 2.13. The molecule has 1 aliphatic rings. The average molecular weight is 367 g/mol. The molecule has 0 aromatic heterocycles. The maximum absolute atomic E-state index is 12.3. The molecule has 2 amide bonds. The summed E-state index contributed by atoms with van der Waals surface area (Å²) in [4.78, 5) is 24.3. The van der Waals surface area contributed by atoms with Crippen LogP contribution in [-0.4, -0.2) is 38.9 Å². The molecule has 7 nitrogen and oxygen atoms in total. The van der Waals surface area contributed by atoms with Crippen molar-refractivity contribution in [1.29, 1.82) is 0 Å². The van der Waals surface area contributed by atoms with Crippen LogP contribution in [0.2, 0.25) is 0 Å². The average Bonchev–Trinajstić information content (AvgIpc) is 2.79. The summed E-state index contributed by atoms with van der Waals surface area (Å²) < 4.78 is 27.0. The van der Waals surface area contributed by atoms with Crippen LogP contribution in [0.3, 0.4) is 0 Å². The smallest absolute Gasteiger partial charge is 0.251 e. The second kappa shape index (κ2) is 8.44. The molecule has 0 radical (unpaired) electrons. The van der Waals surface area contributed by atoms with Gasteiger partial charge in [0.1, 0.15) is 6.04 Å². The molecule has 0 spiro atoms. The van der Waals surface area contributed by atoms with Crippen LogP contribution in [0.4, 0.5) is 0 Å². The molecule has 0 aliphatic carbocycles. The number of benzene rings is 1. The fourth-order valence-corrected chi connectivity index (χ4v) is 3.85.